The Morgan fingerprint density at radius 1 is 1.65 bits per heavy atom. The first-order valence-electron chi connectivity index (χ1n) is 5.41. The fourth-order valence-corrected chi connectivity index (χ4v) is 1.97. The molecule has 0 aliphatic heterocycles. The smallest absolute Gasteiger partial charge is 0.308 e. The minimum Gasteiger partial charge on any atom is -0.481 e. The Morgan fingerprint density at radius 2 is 2.35 bits per heavy atom. The third-order valence-electron chi connectivity index (χ3n) is 2.72. The van der Waals surface area contributed by atoms with Crippen LogP contribution in [0, 0.1) is 5.92 Å². The maximum Gasteiger partial charge on any atom is 0.308 e. The van der Waals surface area contributed by atoms with Crippen molar-refractivity contribution < 1.29 is 14.7 Å². The van der Waals surface area contributed by atoms with Crippen LogP contribution in [-0.2, 0) is 4.79 Å². The summed E-state index contributed by atoms with van der Waals surface area (Å²) in [5, 5.41) is 8.88. The van der Waals surface area contributed by atoms with Crippen molar-refractivity contribution in [2.45, 2.75) is 25.8 Å². The van der Waals surface area contributed by atoms with E-state index in [1.807, 2.05) is 0 Å². The second-order valence-corrected chi connectivity index (χ2v) is 4.78. The van der Waals surface area contributed by atoms with E-state index in [1.165, 1.54) is 6.20 Å². The number of carbonyl (C=O) groups excluding carboxylic acids is 1. The van der Waals surface area contributed by atoms with Gasteiger partial charge in [0.1, 0.15) is 0 Å². The van der Waals surface area contributed by atoms with E-state index in [0.717, 1.165) is 24.6 Å². The highest BCUT2D eigenvalue weighted by Gasteiger charge is 2.35. The first-order valence-corrected chi connectivity index (χ1v) is 6.14. The summed E-state index contributed by atoms with van der Waals surface area (Å²) in [7, 11) is 0. The molecule has 0 bridgehead atoms. The van der Waals surface area contributed by atoms with Crippen molar-refractivity contribution in [3.05, 3.63) is 11.9 Å². The van der Waals surface area contributed by atoms with E-state index in [-0.39, 0.29) is 18.5 Å². The number of hydrogen-bond donors (Lipinski definition) is 1. The average molecular weight is 255 g/mol. The van der Waals surface area contributed by atoms with Gasteiger partial charge in [0.25, 0.3) is 5.91 Å². The van der Waals surface area contributed by atoms with Gasteiger partial charge in [0.2, 0.25) is 0 Å². The molecule has 0 saturated heterocycles. The predicted octanol–water partition coefficient (Wildman–Crippen LogP) is 0.863. The van der Waals surface area contributed by atoms with Crippen LogP contribution in [0.2, 0.25) is 0 Å². The van der Waals surface area contributed by atoms with Crippen LogP contribution in [0.1, 0.15) is 30.3 Å². The minimum absolute atomic E-state index is 0.172. The third-order valence-corrected chi connectivity index (χ3v) is 3.20. The van der Waals surface area contributed by atoms with Gasteiger partial charge in [0.05, 0.1) is 23.8 Å². The number of carbonyl (C=O) groups is 2. The molecular formula is C10H13N3O3S. The zero-order valence-corrected chi connectivity index (χ0v) is 10.2. The molecule has 1 amide bonds. The van der Waals surface area contributed by atoms with Gasteiger partial charge < -0.3 is 10.0 Å². The number of aromatic nitrogens is 2. The van der Waals surface area contributed by atoms with Crippen molar-refractivity contribution in [2.75, 3.05) is 6.54 Å². The molecule has 17 heavy (non-hydrogen) atoms. The minimum atomic E-state index is -0.889. The number of amides is 1. The monoisotopic (exact) mass is 255 g/mol. The summed E-state index contributed by atoms with van der Waals surface area (Å²) < 4.78 is 7.68. The molecule has 92 valence electrons. The van der Waals surface area contributed by atoms with Crippen molar-refractivity contribution in [2.24, 2.45) is 5.92 Å². The zero-order valence-electron chi connectivity index (χ0n) is 9.37. The van der Waals surface area contributed by atoms with Gasteiger partial charge in [0, 0.05) is 12.6 Å². The summed E-state index contributed by atoms with van der Waals surface area (Å²) in [6, 6.07) is 0.172. The zero-order chi connectivity index (χ0) is 12.4. The molecule has 1 heterocycles. The third kappa shape index (κ3) is 2.79. The largest absolute Gasteiger partial charge is 0.481 e. The van der Waals surface area contributed by atoms with Crippen molar-refractivity contribution in [1.29, 1.82) is 0 Å². The molecule has 1 aliphatic carbocycles. The molecule has 1 saturated carbocycles. The van der Waals surface area contributed by atoms with Crippen LogP contribution in [0.25, 0.3) is 0 Å². The Balaban J connectivity index is 2.07. The highest BCUT2D eigenvalue weighted by atomic mass is 32.1. The van der Waals surface area contributed by atoms with Crippen molar-refractivity contribution in [1.82, 2.24) is 13.6 Å². The SMILES string of the molecule is CC(CN(C(=O)c1cnsn1)C1CC1)C(=O)O. The number of carboxylic acid groups (broad SMARTS) is 1. The van der Waals surface area contributed by atoms with Crippen LogP contribution in [0.15, 0.2) is 6.20 Å². The molecule has 1 N–H and O–H groups in total. The lowest BCUT2D eigenvalue weighted by molar-refractivity contribution is -0.141. The Labute approximate surface area is 103 Å². The van der Waals surface area contributed by atoms with Gasteiger partial charge in [0.15, 0.2) is 5.69 Å². The van der Waals surface area contributed by atoms with Crippen LogP contribution in [0.3, 0.4) is 0 Å². The second kappa shape index (κ2) is 4.79. The molecule has 1 unspecified atom stereocenters. The number of carboxylic acids is 1. The molecule has 0 spiro atoms. The average Bonchev–Trinajstić information content (AvgIpc) is 2.98. The molecule has 7 heteroatoms. The summed E-state index contributed by atoms with van der Waals surface area (Å²) in [4.78, 5) is 24.5. The van der Waals surface area contributed by atoms with E-state index in [2.05, 4.69) is 8.75 Å². The topological polar surface area (TPSA) is 83.4 Å². The Kier molecular flexibility index (Phi) is 3.37. The first kappa shape index (κ1) is 12.0. The van der Waals surface area contributed by atoms with Crippen molar-refractivity contribution >= 4 is 23.6 Å². The van der Waals surface area contributed by atoms with Gasteiger partial charge in [-0.1, -0.05) is 6.92 Å². The summed E-state index contributed by atoms with van der Waals surface area (Å²) >= 11 is 0.979. The maximum atomic E-state index is 12.1. The van der Waals surface area contributed by atoms with Gasteiger partial charge in [-0.3, -0.25) is 9.59 Å². The molecular weight excluding hydrogens is 242 g/mol. The molecule has 0 radical (unpaired) electrons. The van der Waals surface area contributed by atoms with Crippen LogP contribution in [0.4, 0.5) is 0 Å². The number of hydrogen-bond acceptors (Lipinski definition) is 5. The lowest BCUT2D eigenvalue weighted by atomic mass is 10.1. The highest BCUT2D eigenvalue weighted by molar-refractivity contribution is 6.99. The van der Waals surface area contributed by atoms with E-state index in [0.29, 0.717) is 5.69 Å². The predicted molar refractivity (Wildman–Crippen MR) is 60.8 cm³/mol. The summed E-state index contributed by atoms with van der Waals surface area (Å²) in [5.74, 6) is -1.67. The van der Waals surface area contributed by atoms with E-state index in [9.17, 15) is 9.59 Å². The van der Waals surface area contributed by atoms with Crippen LogP contribution >= 0.6 is 11.7 Å². The van der Waals surface area contributed by atoms with E-state index in [4.69, 9.17) is 5.11 Å². The van der Waals surface area contributed by atoms with Gasteiger partial charge in [-0.2, -0.15) is 8.75 Å². The quantitative estimate of drug-likeness (QED) is 0.843. The fraction of sp³-hybridized carbons (Fsp3) is 0.600. The molecule has 0 aromatic carbocycles. The normalized spacial score (nSPS) is 16.5. The lowest BCUT2D eigenvalue weighted by Gasteiger charge is -2.23. The van der Waals surface area contributed by atoms with Crippen LogP contribution < -0.4 is 0 Å². The molecule has 1 aliphatic rings. The van der Waals surface area contributed by atoms with E-state index in [1.54, 1.807) is 11.8 Å². The van der Waals surface area contributed by atoms with Crippen molar-refractivity contribution in [3.8, 4) is 0 Å². The number of rotatable bonds is 5. The van der Waals surface area contributed by atoms with Crippen LogP contribution in [-0.4, -0.2) is 43.2 Å². The first-order chi connectivity index (χ1) is 8.09. The molecule has 1 aromatic rings. The van der Waals surface area contributed by atoms with Gasteiger partial charge >= 0.3 is 5.97 Å². The Morgan fingerprint density at radius 3 is 2.82 bits per heavy atom. The van der Waals surface area contributed by atoms with E-state index >= 15 is 0 Å². The number of aliphatic carboxylic acids is 1. The molecule has 6 nitrogen and oxygen atoms in total. The maximum absolute atomic E-state index is 12.1. The highest BCUT2D eigenvalue weighted by Crippen LogP contribution is 2.28. The molecule has 1 aromatic heterocycles. The standard InChI is InChI=1S/C10H13N3O3S/c1-6(10(15)16)5-13(7-2-3-7)9(14)8-4-11-17-12-8/h4,6-7H,2-3,5H2,1H3,(H,15,16). The number of nitrogens with zero attached hydrogens (tertiary/aromatic N) is 3. The molecule has 1 fully saturated rings. The second-order valence-electron chi connectivity index (χ2n) is 4.22. The fourth-order valence-electron chi connectivity index (χ4n) is 1.56. The lowest BCUT2D eigenvalue weighted by Crippen LogP contribution is -2.38. The Bertz CT molecular complexity index is 416. The van der Waals surface area contributed by atoms with Gasteiger partial charge in [-0.25, -0.2) is 0 Å². The molecule has 2 rings (SSSR count). The van der Waals surface area contributed by atoms with Gasteiger partial charge in [-0.15, -0.1) is 0 Å². The summed E-state index contributed by atoms with van der Waals surface area (Å²) in [5.41, 5.74) is 0.305. The van der Waals surface area contributed by atoms with E-state index < -0.39 is 11.9 Å². The Hall–Kier alpha value is -1.50. The summed E-state index contributed by atoms with van der Waals surface area (Å²) in [6.07, 6.45) is 3.30. The van der Waals surface area contributed by atoms with Gasteiger partial charge in [-0.05, 0) is 12.8 Å². The van der Waals surface area contributed by atoms with Crippen molar-refractivity contribution in [3.63, 3.8) is 0 Å². The molecule has 1 atom stereocenters. The van der Waals surface area contributed by atoms with Crippen LogP contribution in [0.5, 0.6) is 0 Å². The summed E-state index contributed by atoms with van der Waals surface area (Å²) in [6.45, 7) is 1.83.